The SMILES string of the molecule is COc1ccc(-c2nc(CC(=O)Cc3ccccc3Cl)co2)cc1OCC1CC1. The zero-order valence-corrected chi connectivity index (χ0v) is 16.9. The summed E-state index contributed by atoms with van der Waals surface area (Å²) in [6.07, 6.45) is 4.41. The first kappa shape index (κ1) is 19.5. The van der Waals surface area contributed by atoms with Crippen molar-refractivity contribution >= 4 is 17.4 Å². The molecule has 1 aliphatic rings. The molecule has 150 valence electrons. The van der Waals surface area contributed by atoms with E-state index >= 15 is 0 Å². The number of ketones is 1. The second kappa shape index (κ2) is 8.70. The van der Waals surface area contributed by atoms with Gasteiger partial charge in [-0.05, 0) is 48.6 Å². The quantitative estimate of drug-likeness (QED) is 0.487. The van der Waals surface area contributed by atoms with Gasteiger partial charge in [-0.2, -0.15) is 0 Å². The molecule has 0 saturated heterocycles. The van der Waals surface area contributed by atoms with E-state index in [0.717, 1.165) is 11.1 Å². The van der Waals surface area contributed by atoms with Gasteiger partial charge in [0.2, 0.25) is 5.89 Å². The number of hydrogen-bond donors (Lipinski definition) is 0. The Morgan fingerprint density at radius 2 is 2.00 bits per heavy atom. The lowest BCUT2D eigenvalue weighted by Gasteiger charge is -2.11. The van der Waals surface area contributed by atoms with Crippen molar-refractivity contribution in [3.05, 3.63) is 65.0 Å². The predicted octanol–water partition coefficient (Wildman–Crippen LogP) is 5.15. The molecule has 5 nitrogen and oxygen atoms in total. The molecule has 29 heavy (non-hydrogen) atoms. The van der Waals surface area contributed by atoms with Crippen molar-refractivity contribution in [3.8, 4) is 23.0 Å². The lowest BCUT2D eigenvalue weighted by molar-refractivity contribution is -0.117. The fraction of sp³-hybridized carbons (Fsp3) is 0.304. The monoisotopic (exact) mass is 411 g/mol. The van der Waals surface area contributed by atoms with Gasteiger partial charge in [0.25, 0.3) is 0 Å². The summed E-state index contributed by atoms with van der Waals surface area (Å²) in [4.78, 5) is 16.9. The largest absolute Gasteiger partial charge is 0.493 e. The van der Waals surface area contributed by atoms with E-state index < -0.39 is 0 Å². The van der Waals surface area contributed by atoms with Gasteiger partial charge in [-0.15, -0.1) is 0 Å². The van der Waals surface area contributed by atoms with E-state index in [0.29, 0.717) is 40.6 Å². The van der Waals surface area contributed by atoms with Crippen molar-refractivity contribution in [2.24, 2.45) is 5.92 Å². The maximum absolute atomic E-state index is 12.4. The minimum atomic E-state index is 0.0288. The van der Waals surface area contributed by atoms with E-state index in [9.17, 15) is 4.79 Å². The Labute approximate surface area is 174 Å². The highest BCUT2D eigenvalue weighted by Gasteiger charge is 2.23. The highest BCUT2D eigenvalue weighted by atomic mass is 35.5. The second-order valence-electron chi connectivity index (χ2n) is 7.25. The van der Waals surface area contributed by atoms with Crippen LogP contribution in [-0.2, 0) is 17.6 Å². The summed E-state index contributed by atoms with van der Waals surface area (Å²) in [6.45, 7) is 0.688. The van der Waals surface area contributed by atoms with Gasteiger partial charge in [-0.25, -0.2) is 4.98 Å². The molecule has 0 unspecified atom stereocenters. The summed E-state index contributed by atoms with van der Waals surface area (Å²) >= 11 is 6.14. The van der Waals surface area contributed by atoms with Crippen LogP contribution in [0.4, 0.5) is 0 Å². The van der Waals surface area contributed by atoms with Crippen LogP contribution in [-0.4, -0.2) is 24.5 Å². The number of aromatic nitrogens is 1. The molecule has 0 N–H and O–H groups in total. The molecule has 1 heterocycles. The average Bonchev–Trinajstić information content (AvgIpc) is 3.45. The molecule has 2 aromatic carbocycles. The molecule has 0 bridgehead atoms. The van der Waals surface area contributed by atoms with Crippen LogP contribution >= 0.6 is 11.6 Å². The number of carbonyl (C=O) groups excluding carboxylic acids is 1. The molecule has 1 aromatic heterocycles. The molecule has 0 amide bonds. The number of carbonyl (C=O) groups is 1. The highest BCUT2D eigenvalue weighted by Crippen LogP contribution is 2.35. The Morgan fingerprint density at radius 1 is 1.17 bits per heavy atom. The number of oxazole rings is 1. The van der Waals surface area contributed by atoms with Crippen LogP contribution < -0.4 is 9.47 Å². The molecule has 3 aromatic rings. The van der Waals surface area contributed by atoms with Crippen molar-refractivity contribution in [3.63, 3.8) is 0 Å². The number of halogens is 1. The fourth-order valence-corrected chi connectivity index (χ4v) is 3.26. The normalized spacial score (nSPS) is 13.3. The summed E-state index contributed by atoms with van der Waals surface area (Å²) in [5.41, 5.74) is 2.19. The Bertz CT molecular complexity index is 1010. The molecule has 6 heteroatoms. The number of Topliss-reactive ketones (excluding diaryl/α,β-unsaturated/α-hetero) is 1. The number of hydrogen-bond acceptors (Lipinski definition) is 5. The van der Waals surface area contributed by atoms with Gasteiger partial charge in [0.05, 0.1) is 25.8 Å². The van der Waals surface area contributed by atoms with Crippen molar-refractivity contribution < 1.29 is 18.7 Å². The van der Waals surface area contributed by atoms with Gasteiger partial charge in [0.15, 0.2) is 11.5 Å². The second-order valence-corrected chi connectivity index (χ2v) is 7.65. The van der Waals surface area contributed by atoms with Crippen LogP contribution in [0.25, 0.3) is 11.5 Å². The number of benzene rings is 2. The number of ether oxygens (including phenoxy) is 2. The summed E-state index contributed by atoms with van der Waals surface area (Å²) in [5.74, 6) is 2.47. The number of nitrogens with zero attached hydrogens (tertiary/aromatic N) is 1. The molecule has 1 aliphatic carbocycles. The van der Waals surface area contributed by atoms with Gasteiger partial charge in [-0.3, -0.25) is 4.79 Å². The van der Waals surface area contributed by atoms with Gasteiger partial charge in [-0.1, -0.05) is 29.8 Å². The molecule has 1 fully saturated rings. The van der Waals surface area contributed by atoms with Crippen molar-refractivity contribution in [1.29, 1.82) is 0 Å². The Hall–Kier alpha value is -2.79. The molecule has 0 spiro atoms. The van der Waals surface area contributed by atoms with E-state index in [4.69, 9.17) is 25.5 Å². The Kier molecular flexibility index (Phi) is 5.86. The summed E-state index contributed by atoms with van der Waals surface area (Å²) in [7, 11) is 1.62. The van der Waals surface area contributed by atoms with Crippen LogP contribution in [0.5, 0.6) is 11.5 Å². The van der Waals surface area contributed by atoms with Crippen LogP contribution in [0, 0.1) is 5.92 Å². The van der Waals surface area contributed by atoms with E-state index in [1.54, 1.807) is 13.2 Å². The van der Waals surface area contributed by atoms with E-state index in [2.05, 4.69) is 4.98 Å². The van der Waals surface area contributed by atoms with E-state index in [1.807, 2.05) is 36.4 Å². The van der Waals surface area contributed by atoms with Crippen LogP contribution in [0.15, 0.2) is 53.1 Å². The minimum absolute atomic E-state index is 0.0288. The summed E-state index contributed by atoms with van der Waals surface area (Å²) in [5, 5.41) is 0.596. The van der Waals surface area contributed by atoms with Crippen molar-refractivity contribution in [2.45, 2.75) is 25.7 Å². The third-order valence-electron chi connectivity index (χ3n) is 4.86. The van der Waals surface area contributed by atoms with Crippen LogP contribution in [0.2, 0.25) is 5.02 Å². The maximum atomic E-state index is 12.4. The number of methoxy groups -OCH3 is 1. The zero-order chi connectivity index (χ0) is 20.2. The lowest BCUT2D eigenvalue weighted by atomic mass is 10.1. The molecule has 1 saturated carbocycles. The van der Waals surface area contributed by atoms with E-state index in [-0.39, 0.29) is 18.6 Å². The molecule has 0 atom stereocenters. The first-order valence-electron chi connectivity index (χ1n) is 9.63. The predicted molar refractivity (Wildman–Crippen MR) is 111 cm³/mol. The lowest BCUT2D eigenvalue weighted by Crippen LogP contribution is -2.07. The van der Waals surface area contributed by atoms with Crippen molar-refractivity contribution in [1.82, 2.24) is 4.98 Å². The summed E-state index contributed by atoms with van der Waals surface area (Å²) in [6, 6.07) is 12.9. The Balaban J connectivity index is 1.44. The van der Waals surface area contributed by atoms with Crippen LogP contribution in [0.3, 0.4) is 0 Å². The molecular weight excluding hydrogens is 390 g/mol. The standard InChI is InChI=1S/C23H22ClNO4/c1-27-21-9-8-17(11-22(21)28-13-15-6-7-15)23-25-18(14-29-23)12-19(26)10-16-4-2-3-5-20(16)24/h2-5,8-9,11,14-15H,6-7,10,12-13H2,1H3. The Morgan fingerprint density at radius 3 is 2.76 bits per heavy atom. The van der Waals surface area contributed by atoms with Gasteiger partial charge in [0.1, 0.15) is 12.0 Å². The first-order chi connectivity index (χ1) is 14.1. The fourth-order valence-electron chi connectivity index (χ4n) is 3.05. The zero-order valence-electron chi connectivity index (χ0n) is 16.2. The molecular formula is C23H22ClNO4. The third kappa shape index (κ3) is 4.98. The third-order valence-corrected chi connectivity index (χ3v) is 5.23. The topological polar surface area (TPSA) is 61.6 Å². The first-order valence-corrected chi connectivity index (χ1v) is 10.0. The highest BCUT2D eigenvalue weighted by molar-refractivity contribution is 6.31. The van der Waals surface area contributed by atoms with Crippen LogP contribution in [0.1, 0.15) is 24.1 Å². The molecule has 4 rings (SSSR count). The molecule has 0 aliphatic heterocycles. The van der Waals surface area contributed by atoms with Gasteiger partial charge in [0, 0.05) is 17.0 Å². The van der Waals surface area contributed by atoms with E-state index in [1.165, 1.54) is 19.1 Å². The van der Waals surface area contributed by atoms with Crippen molar-refractivity contribution in [2.75, 3.05) is 13.7 Å². The minimum Gasteiger partial charge on any atom is -0.493 e. The van der Waals surface area contributed by atoms with Gasteiger partial charge < -0.3 is 13.9 Å². The molecule has 0 radical (unpaired) electrons. The maximum Gasteiger partial charge on any atom is 0.226 e. The smallest absolute Gasteiger partial charge is 0.226 e. The average molecular weight is 412 g/mol. The van der Waals surface area contributed by atoms with Gasteiger partial charge >= 0.3 is 0 Å². The number of rotatable bonds is 9. The summed E-state index contributed by atoms with van der Waals surface area (Å²) < 4.78 is 16.9.